The smallest absolute Gasteiger partial charge is 0.204 e. The molecule has 0 aromatic heterocycles. The van der Waals surface area contributed by atoms with Gasteiger partial charge in [-0.1, -0.05) is 18.2 Å². The number of methoxy groups -OCH3 is 3. The summed E-state index contributed by atoms with van der Waals surface area (Å²) in [5.41, 5.74) is 7.31. The maximum Gasteiger partial charge on any atom is 0.204 e. The van der Waals surface area contributed by atoms with Crippen LogP contribution in [0, 0.1) is 3.57 Å². The standard InChI is InChI=1S/C37H39IN2O5/c1-39-14-12-24-19-32(41-3)33-21-27(24)29(39)17-23-8-11-28(38)31(18-23)44-26-9-6-22(7-10-26)16-30-35-25(13-15-40(30)2)20-34(42-4)36(43-5)37(35)45-33/h6-11,18-21,29-30H,12-17H2,1-5H3. The normalized spacial score (nSPS) is 19.4. The molecular formula is C37H39IN2O5. The summed E-state index contributed by atoms with van der Waals surface area (Å²) in [6.45, 7) is 1.89. The minimum Gasteiger partial charge on any atom is -0.493 e. The Morgan fingerprint density at radius 3 is 2.09 bits per heavy atom. The minimum atomic E-state index is 0.0642. The van der Waals surface area contributed by atoms with E-state index in [4.69, 9.17) is 23.7 Å². The van der Waals surface area contributed by atoms with Gasteiger partial charge in [0, 0.05) is 30.7 Å². The Hall–Kier alpha value is -3.47. The summed E-state index contributed by atoms with van der Waals surface area (Å²) in [6, 6.07) is 21.7. The SMILES string of the molecule is COc1cc2c3cc1Oc1c(OC)c(OC)cc4c1C(Cc1ccc(cc1)Oc1cc(ccc1I)CC3N(C)CC2)N(C)CC4. The van der Waals surface area contributed by atoms with E-state index in [0.717, 1.165) is 59.4 Å². The van der Waals surface area contributed by atoms with Crippen molar-refractivity contribution in [3.05, 3.63) is 97.6 Å². The van der Waals surface area contributed by atoms with Crippen molar-refractivity contribution in [2.45, 2.75) is 37.8 Å². The molecule has 0 radical (unpaired) electrons. The molecule has 4 aromatic carbocycles. The van der Waals surface area contributed by atoms with Crippen LogP contribution in [0.5, 0.6) is 40.2 Å². The third kappa shape index (κ3) is 5.61. The zero-order valence-electron chi connectivity index (χ0n) is 26.5. The highest BCUT2D eigenvalue weighted by Gasteiger charge is 2.34. The molecule has 6 bridgehead atoms. The minimum absolute atomic E-state index is 0.0642. The molecule has 2 unspecified atom stereocenters. The van der Waals surface area contributed by atoms with E-state index in [-0.39, 0.29) is 12.1 Å². The van der Waals surface area contributed by atoms with Crippen LogP contribution in [-0.2, 0) is 25.7 Å². The number of hydrogen-bond acceptors (Lipinski definition) is 7. The first-order chi connectivity index (χ1) is 21.9. The van der Waals surface area contributed by atoms with Gasteiger partial charge in [-0.25, -0.2) is 0 Å². The molecule has 7 nitrogen and oxygen atoms in total. The van der Waals surface area contributed by atoms with E-state index in [2.05, 4.69) is 107 Å². The van der Waals surface area contributed by atoms with Gasteiger partial charge in [-0.2, -0.15) is 0 Å². The summed E-state index contributed by atoms with van der Waals surface area (Å²) in [5, 5.41) is 0. The Kier molecular flexibility index (Phi) is 8.31. The predicted molar refractivity (Wildman–Crippen MR) is 184 cm³/mol. The molecule has 4 aliphatic rings. The van der Waals surface area contributed by atoms with E-state index < -0.39 is 0 Å². The second kappa shape index (κ2) is 12.4. The van der Waals surface area contributed by atoms with Crippen LogP contribution in [0.4, 0.5) is 0 Å². The molecule has 0 saturated heterocycles. The van der Waals surface area contributed by atoms with Gasteiger partial charge in [0.25, 0.3) is 0 Å². The first-order valence-corrected chi connectivity index (χ1v) is 16.6. The second-order valence-electron chi connectivity index (χ2n) is 12.2. The fourth-order valence-corrected chi connectivity index (χ4v) is 7.55. The van der Waals surface area contributed by atoms with Crippen LogP contribution >= 0.6 is 22.6 Å². The molecular weight excluding hydrogens is 679 g/mol. The highest BCUT2D eigenvalue weighted by atomic mass is 127. The number of rotatable bonds is 3. The maximum atomic E-state index is 7.03. The average Bonchev–Trinajstić information content (AvgIpc) is 3.05. The Balaban J connectivity index is 1.46. The molecule has 0 fully saturated rings. The third-order valence-corrected chi connectivity index (χ3v) is 10.5. The molecule has 0 spiro atoms. The molecule has 0 saturated carbocycles. The van der Waals surface area contributed by atoms with Crippen LogP contribution in [0.3, 0.4) is 0 Å². The quantitative estimate of drug-likeness (QED) is 0.201. The van der Waals surface area contributed by atoms with Crippen molar-refractivity contribution in [3.63, 3.8) is 0 Å². The average molecular weight is 719 g/mol. The van der Waals surface area contributed by atoms with Gasteiger partial charge in [-0.15, -0.1) is 0 Å². The zero-order valence-corrected chi connectivity index (χ0v) is 28.6. The van der Waals surface area contributed by atoms with Crippen molar-refractivity contribution in [2.24, 2.45) is 0 Å². The van der Waals surface area contributed by atoms with Crippen molar-refractivity contribution in [1.82, 2.24) is 9.80 Å². The number of benzene rings is 4. The molecule has 0 aliphatic carbocycles. The van der Waals surface area contributed by atoms with Gasteiger partial charge < -0.3 is 23.7 Å². The van der Waals surface area contributed by atoms with E-state index in [0.29, 0.717) is 28.7 Å². The third-order valence-electron chi connectivity index (χ3n) is 9.62. The lowest BCUT2D eigenvalue weighted by Gasteiger charge is -2.37. The fraction of sp³-hybridized carbons (Fsp3) is 0.351. The number of fused-ring (bicyclic) bond motifs is 2. The molecule has 4 heterocycles. The van der Waals surface area contributed by atoms with E-state index in [1.807, 2.05) is 0 Å². The number of nitrogens with zero attached hydrogens (tertiary/aromatic N) is 2. The van der Waals surface area contributed by atoms with Crippen molar-refractivity contribution in [1.29, 1.82) is 0 Å². The molecule has 45 heavy (non-hydrogen) atoms. The van der Waals surface area contributed by atoms with Crippen molar-refractivity contribution < 1.29 is 23.7 Å². The Morgan fingerprint density at radius 1 is 0.689 bits per heavy atom. The molecule has 234 valence electrons. The van der Waals surface area contributed by atoms with E-state index in [1.54, 1.807) is 21.3 Å². The predicted octanol–water partition coefficient (Wildman–Crippen LogP) is 7.76. The van der Waals surface area contributed by atoms with E-state index >= 15 is 0 Å². The van der Waals surface area contributed by atoms with Crippen molar-refractivity contribution in [3.8, 4) is 40.2 Å². The lowest BCUT2D eigenvalue weighted by Crippen LogP contribution is -2.34. The molecule has 4 aliphatic heterocycles. The van der Waals surface area contributed by atoms with Crippen LogP contribution in [0.2, 0.25) is 0 Å². The monoisotopic (exact) mass is 718 g/mol. The largest absolute Gasteiger partial charge is 0.493 e. The summed E-state index contributed by atoms with van der Waals surface area (Å²) in [7, 11) is 9.47. The molecule has 2 atom stereocenters. The second-order valence-corrected chi connectivity index (χ2v) is 13.4. The van der Waals surface area contributed by atoms with E-state index in [9.17, 15) is 0 Å². The Morgan fingerprint density at radius 2 is 1.36 bits per heavy atom. The summed E-state index contributed by atoms with van der Waals surface area (Å²) >= 11 is 2.36. The van der Waals surface area contributed by atoms with Gasteiger partial charge in [-0.3, -0.25) is 9.80 Å². The van der Waals surface area contributed by atoms with Crippen molar-refractivity contribution >= 4 is 22.6 Å². The highest BCUT2D eigenvalue weighted by Crippen LogP contribution is 2.51. The topological polar surface area (TPSA) is 52.6 Å². The van der Waals surface area contributed by atoms with Gasteiger partial charge >= 0.3 is 0 Å². The van der Waals surface area contributed by atoms with Crippen molar-refractivity contribution in [2.75, 3.05) is 48.5 Å². The highest BCUT2D eigenvalue weighted by molar-refractivity contribution is 14.1. The van der Waals surface area contributed by atoms with Gasteiger partial charge in [-0.05, 0) is 133 Å². The molecule has 0 amide bonds. The lowest BCUT2D eigenvalue weighted by molar-refractivity contribution is 0.220. The summed E-state index contributed by atoms with van der Waals surface area (Å²) in [4.78, 5) is 4.85. The summed E-state index contributed by atoms with van der Waals surface area (Å²) < 4.78 is 32.5. The number of ether oxygens (including phenoxy) is 5. The van der Waals surface area contributed by atoms with E-state index in [1.165, 1.54) is 27.8 Å². The van der Waals surface area contributed by atoms with Gasteiger partial charge in [0.1, 0.15) is 11.5 Å². The molecule has 8 heteroatoms. The number of halogens is 1. The lowest BCUT2D eigenvalue weighted by atomic mass is 9.87. The number of likely N-dealkylation sites (N-methyl/N-ethyl adjacent to an activating group) is 2. The molecule has 4 aromatic rings. The van der Waals surface area contributed by atoms with Gasteiger partial charge in [0.2, 0.25) is 5.75 Å². The van der Waals surface area contributed by atoms with Crippen LogP contribution < -0.4 is 23.7 Å². The fourth-order valence-electron chi connectivity index (χ4n) is 7.10. The van der Waals surface area contributed by atoms with Crippen LogP contribution in [-0.4, -0.2) is 58.3 Å². The number of hydrogen-bond donors (Lipinski definition) is 0. The van der Waals surface area contributed by atoms with Crippen LogP contribution in [0.1, 0.15) is 45.5 Å². The van der Waals surface area contributed by atoms with Crippen LogP contribution in [0.15, 0.2) is 60.7 Å². The zero-order chi connectivity index (χ0) is 31.2. The molecule has 8 rings (SSSR count). The Labute approximate surface area is 279 Å². The first kappa shape index (κ1) is 30.2. The summed E-state index contributed by atoms with van der Waals surface area (Å²) in [6.07, 6.45) is 3.47. The summed E-state index contributed by atoms with van der Waals surface area (Å²) in [5.74, 6) is 5.05. The van der Waals surface area contributed by atoms with Crippen LogP contribution in [0.25, 0.3) is 0 Å². The molecule has 0 N–H and O–H groups in total. The Bertz CT molecular complexity index is 1740. The first-order valence-electron chi connectivity index (χ1n) is 15.5. The maximum absolute atomic E-state index is 7.03. The van der Waals surface area contributed by atoms with Gasteiger partial charge in [0.15, 0.2) is 23.0 Å². The van der Waals surface area contributed by atoms with Gasteiger partial charge in [0.05, 0.1) is 24.9 Å².